The Balaban J connectivity index is 2.85. The second-order valence-corrected chi connectivity index (χ2v) is 6.52. The van der Waals surface area contributed by atoms with Crippen LogP contribution >= 0.6 is 23.2 Å². The first kappa shape index (κ1) is 15.8. The van der Waals surface area contributed by atoms with Crippen LogP contribution < -0.4 is 5.46 Å². The summed E-state index contributed by atoms with van der Waals surface area (Å²) < 4.78 is 18.9. The molecule has 1 aromatic carbocycles. The molecule has 0 amide bonds. The maximum atomic E-state index is 13.2. The Labute approximate surface area is 119 Å². The minimum atomic E-state index is -0.533. The van der Waals surface area contributed by atoms with Gasteiger partial charge < -0.3 is 4.65 Å². The van der Waals surface area contributed by atoms with Crippen molar-refractivity contribution in [3.63, 3.8) is 0 Å². The Morgan fingerprint density at radius 3 is 2.11 bits per heavy atom. The van der Waals surface area contributed by atoms with Crippen LogP contribution in [-0.4, -0.2) is 13.1 Å². The summed E-state index contributed by atoms with van der Waals surface area (Å²) in [7, 11) is 1.53. The molecule has 1 aromatic rings. The van der Waals surface area contributed by atoms with E-state index in [1.165, 1.54) is 13.5 Å². The van der Waals surface area contributed by atoms with Gasteiger partial charge in [0.2, 0.25) is 0 Å². The molecule has 0 fully saturated rings. The van der Waals surface area contributed by atoms with Gasteiger partial charge in [0.25, 0.3) is 0 Å². The highest BCUT2D eigenvalue weighted by atomic mass is 35.5. The number of rotatable bonds is 3. The van der Waals surface area contributed by atoms with Crippen molar-refractivity contribution in [1.82, 2.24) is 0 Å². The van der Waals surface area contributed by atoms with Gasteiger partial charge in [0.1, 0.15) is 5.82 Å². The van der Waals surface area contributed by atoms with Gasteiger partial charge in [-0.1, -0.05) is 50.0 Å². The molecule has 1 radical (unpaired) electrons. The fraction of sp³-hybridized carbons (Fsp3) is 0.538. The molecule has 0 atom stereocenters. The zero-order chi connectivity index (χ0) is 14.1. The molecule has 99 valence electrons. The fourth-order valence-corrected chi connectivity index (χ4v) is 1.39. The van der Waals surface area contributed by atoms with Crippen molar-refractivity contribution < 1.29 is 9.04 Å². The van der Waals surface area contributed by atoms with E-state index >= 15 is 0 Å². The summed E-state index contributed by atoms with van der Waals surface area (Å²) in [6.07, 6.45) is 0. The molecule has 1 nitrogen and oxygen atoms in total. The lowest BCUT2D eigenvalue weighted by Gasteiger charge is -2.39. The molecule has 0 aromatic heterocycles. The molecule has 0 saturated heterocycles. The summed E-state index contributed by atoms with van der Waals surface area (Å²) in [5.41, 5.74) is 0.150. The zero-order valence-electron chi connectivity index (χ0n) is 11.3. The third-order valence-corrected chi connectivity index (χ3v) is 4.23. The predicted molar refractivity (Wildman–Crippen MR) is 76.4 cm³/mol. The number of hydrogen-bond acceptors (Lipinski definition) is 1. The predicted octanol–water partition coefficient (Wildman–Crippen LogP) is 4.22. The van der Waals surface area contributed by atoms with Gasteiger partial charge in [0.15, 0.2) is 0 Å². The van der Waals surface area contributed by atoms with Crippen LogP contribution in [0.2, 0.25) is 10.0 Å². The molecule has 0 unspecified atom stereocenters. The third-order valence-electron chi connectivity index (χ3n) is 3.35. The van der Waals surface area contributed by atoms with Crippen molar-refractivity contribution in [3.8, 4) is 0 Å². The van der Waals surface area contributed by atoms with Crippen LogP contribution in [0.25, 0.3) is 0 Å². The van der Waals surface area contributed by atoms with E-state index in [1.54, 1.807) is 6.07 Å². The van der Waals surface area contributed by atoms with Gasteiger partial charge in [-0.05, 0) is 30.8 Å². The van der Waals surface area contributed by atoms with Crippen LogP contribution in [0.3, 0.4) is 0 Å². The minimum Gasteiger partial charge on any atom is -0.429 e. The van der Waals surface area contributed by atoms with E-state index in [2.05, 4.69) is 20.8 Å². The topological polar surface area (TPSA) is 9.23 Å². The van der Waals surface area contributed by atoms with Crippen molar-refractivity contribution in [3.05, 3.63) is 28.0 Å². The normalized spacial score (nSPS) is 12.7. The molecule has 0 heterocycles. The number of halogens is 3. The van der Waals surface area contributed by atoms with E-state index in [9.17, 15) is 4.39 Å². The Morgan fingerprint density at radius 1 is 1.06 bits per heavy atom. The van der Waals surface area contributed by atoms with E-state index in [1.807, 2.05) is 13.8 Å². The van der Waals surface area contributed by atoms with Gasteiger partial charge in [-0.25, -0.2) is 4.39 Å². The van der Waals surface area contributed by atoms with Gasteiger partial charge in [0.05, 0.1) is 15.6 Å². The highest BCUT2D eigenvalue weighted by Gasteiger charge is 2.33. The third kappa shape index (κ3) is 3.40. The van der Waals surface area contributed by atoms with Crippen molar-refractivity contribution in [2.45, 2.75) is 40.2 Å². The smallest absolute Gasteiger partial charge is 0.332 e. The first-order valence-electron chi connectivity index (χ1n) is 5.71. The van der Waals surface area contributed by atoms with Crippen LogP contribution in [0.4, 0.5) is 4.39 Å². The maximum Gasteiger partial charge on any atom is 0.332 e. The Bertz CT molecular complexity index is 441. The van der Waals surface area contributed by atoms with E-state index in [-0.39, 0.29) is 21.1 Å². The first-order valence-corrected chi connectivity index (χ1v) is 6.46. The van der Waals surface area contributed by atoms with Gasteiger partial charge in [-0.2, -0.15) is 0 Å². The van der Waals surface area contributed by atoms with Crippen molar-refractivity contribution in [2.24, 2.45) is 5.41 Å². The van der Waals surface area contributed by atoms with Crippen LogP contribution in [0.15, 0.2) is 12.1 Å². The van der Waals surface area contributed by atoms with Gasteiger partial charge >= 0.3 is 7.48 Å². The summed E-state index contributed by atoms with van der Waals surface area (Å²) in [5.74, 6) is -0.533. The Morgan fingerprint density at radius 2 is 1.61 bits per heavy atom. The molecule has 0 aliphatic rings. The van der Waals surface area contributed by atoms with E-state index in [4.69, 9.17) is 27.9 Å². The SMILES string of the molecule is CC(C)(C)C(C)(C)O[B]c1ccc(F)c(Cl)c1Cl. The molecule has 0 N–H and O–H groups in total. The quantitative estimate of drug-likeness (QED) is 0.598. The zero-order valence-corrected chi connectivity index (χ0v) is 12.8. The summed E-state index contributed by atoms with van der Waals surface area (Å²) in [6, 6.07) is 2.82. The molecule has 5 heteroatoms. The molecule has 1 rings (SSSR count). The largest absolute Gasteiger partial charge is 0.429 e. The molecular weight excluding hydrogens is 273 g/mol. The lowest BCUT2D eigenvalue weighted by molar-refractivity contribution is 0.00504. The second-order valence-electron chi connectivity index (χ2n) is 5.76. The summed E-state index contributed by atoms with van der Waals surface area (Å²) in [6.45, 7) is 10.2. The average molecular weight is 290 g/mol. The monoisotopic (exact) mass is 289 g/mol. The van der Waals surface area contributed by atoms with Crippen LogP contribution in [-0.2, 0) is 4.65 Å². The lowest BCUT2D eigenvalue weighted by Crippen LogP contribution is -2.42. The lowest BCUT2D eigenvalue weighted by atomic mass is 9.76. The summed E-state index contributed by atoms with van der Waals surface area (Å²) in [4.78, 5) is 0. The van der Waals surface area contributed by atoms with E-state index < -0.39 is 5.82 Å². The molecule has 0 bridgehead atoms. The van der Waals surface area contributed by atoms with Gasteiger partial charge in [-0.15, -0.1) is 0 Å². The number of benzene rings is 1. The summed E-state index contributed by atoms with van der Waals surface area (Å²) >= 11 is 11.7. The number of hydrogen-bond donors (Lipinski definition) is 0. The van der Waals surface area contributed by atoms with Crippen molar-refractivity contribution >= 4 is 36.1 Å². The average Bonchev–Trinajstić information content (AvgIpc) is 2.23. The minimum absolute atomic E-state index is 0.0419. The van der Waals surface area contributed by atoms with Crippen LogP contribution in [0.5, 0.6) is 0 Å². The van der Waals surface area contributed by atoms with Gasteiger partial charge in [0, 0.05) is 0 Å². The van der Waals surface area contributed by atoms with Crippen LogP contribution in [0.1, 0.15) is 34.6 Å². The Kier molecular flexibility index (Phi) is 4.74. The Hall–Kier alpha value is -0.245. The second kappa shape index (κ2) is 5.40. The standard InChI is InChI=1S/C13H17BCl2FO/c1-12(2,3)13(4,5)18-14-8-6-7-9(17)11(16)10(8)15/h6-7H,1-5H3. The summed E-state index contributed by atoms with van der Waals surface area (Å²) in [5, 5.41) is 0.0870. The molecular formula is C13H17BCl2FO. The highest BCUT2D eigenvalue weighted by Crippen LogP contribution is 2.32. The molecule has 0 aliphatic heterocycles. The van der Waals surface area contributed by atoms with Gasteiger partial charge in [-0.3, -0.25) is 0 Å². The molecule has 0 saturated carbocycles. The molecule has 0 spiro atoms. The molecule has 18 heavy (non-hydrogen) atoms. The molecule has 0 aliphatic carbocycles. The fourth-order valence-electron chi connectivity index (χ4n) is 1.02. The van der Waals surface area contributed by atoms with E-state index in [0.29, 0.717) is 5.46 Å². The first-order chi connectivity index (χ1) is 8.06. The highest BCUT2D eigenvalue weighted by molar-refractivity contribution is 6.56. The van der Waals surface area contributed by atoms with Crippen molar-refractivity contribution in [1.29, 1.82) is 0 Å². The van der Waals surface area contributed by atoms with Crippen LogP contribution in [0, 0.1) is 11.2 Å². The maximum absolute atomic E-state index is 13.2. The van der Waals surface area contributed by atoms with Crippen molar-refractivity contribution in [2.75, 3.05) is 0 Å². The van der Waals surface area contributed by atoms with E-state index in [0.717, 1.165) is 0 Å².